The molecule has 1 unspecified atom stereocenters. The molecule has 0 amide bonds. The second-order valence-corrected chi connectivity index (χ2v) is 5.86. The first-order valence-corrected chi connectivity index (χ1v) is 7.78. The van der Waals surface area contributed by atoms with Crippen molar-refractivity contribution in [2.45, 2.75) is 45.2 Å². The van der Waals surface area contributed by atoms with E-state index < -0.39 is 0 Å². The molecular weight excluding hydrogens is 248 g/mol. The number of aryl methyl sites for hydroxylation is 1. The molecule has 0 bridgehead atoms. The van der Waals surface area contributed by atoms with E-state index in [4.69, 9.17) is 4.74 Å². The van der Waals surface area contributed by atoms with Gasteiger partial charge in [0.25, 0.3) is 0 Å². The van der Waals surface area contributed by atoms with Gasteiger partial charge in [-0.2, -0.15) is 0 Å². The predicted octanol–water partition coefficient (Wildman–Crippen LogP) is 2.97. The lowest BCUT2D eigenvalue weighted by Gasteiger charge is -2.32. The molecule has 0 aromatic heterocycles. The molecular formula is C17H28N2O. The van der Waals surface area contributed by atoms with Gasteiger partial charge in [-0.25, -0.2) is 0 Å². The van der Waals surface area contributed by atoms with E-state index in [9.17, 15) is 0 Å². The van der Waals surface area contributed by atoms with Crippen LogP contribution in [0.4, 0.5) is 0 Å². The van der Waals surface area contributed by atoms with E-state index in [2.05, 4.69) is 42.4 Å². The number of ether oxygens (including phenoxy) is 1. The topological polar surface area (TPSA) is 24.5 Å². The van der Waals surface area contributed by atoms with Gasteiger partial charge in [-0.3, -0.25) is 0 Å². The highest BCUT2D eigenvalue weighted by Gasteiger charge is 2.18. The maximum Gasteiger partial charge on any atom is 0.126 e. The summed E-state index contributed by atoms with van der Waals surface area (Å²) < 4.78 is 6.10. The van der Waals surface area contributed by atoms with Crippen molar-refractivity contribution in [3.05, 3.63) is 29.3 Å². The van der Waals surface area contributed by atoms with Gasteiger partial charge in [-0.1, -0.05) is 24.6 Å². The highest BCUT2D eigenvalue weighted by molar-refractivity contribution is 5.40. The van der Waals surface area contributed by atoms with E-state index >= 15 is 0 Å². The third-order valence-electron chi connectivity index (χ3n) is 4.28. The number of nitrogens with zero attached hydrogens (tertiary/aromatic N) is 1. The van der Waals surface area contributed by atoms with E-state index in [1.54, 1.807) is 0 Å². The fourth-order valence-electron chi connectivity index (χ4n) is 3.06. The summed E-state index contributed by atoms with van der Waals surface area (Å²) in [4.78, 5) is 2.49. The van der Waals surface area contributed by atoms with Gasteiger partial charge >= 0.3 is 0 Å². The van der Waals surface area contributed by atoms with Crippen molar-refractivity contribution in [2.75, 3.05) is 27.2 Å². The number of likely N-dealkylation sites (tertiary alicyclic amines) is 1. The van der Waals surface area contributed by atoms with E-state index in [-0.39, 0.29) is 0 Å². The largest absolute Gasteiger partial charge is 0.493 e. The van der Waals surface area contributed by atoms with Crippen LogP contribution in [0.5, 0.6) is 5.75 Å². The number of rotatable bonds is 6. The molecule has 0 radical (unpaired) electrons. The Morgan fingerprint density at radius 2 is 2.20 bits per heavy atom. The third kappa shape index (κ3) is 3.97. The van der Waals surface area contributed by atoms with Crippen LogP contribution < -0.4 is 10.1 Å². The van der Waals surface area contributed by atoms with Gasteiger partial charge in [0, 0.05) is 18.2 Å². The lowest BCUT2D eigenvalue weighted by molar-refractivity contribution is 0.152. The molecule has 3 heteroatoms. The molecule has 0 saturated carbocycles. The Kier molecular flexibility index (Phi) is 5.86. The number of hydrogen-bond acceptors (Lipinski definition) is 3. The van der Waals surface area contributed by atoms with E-state index in [1.165, 1.54) is 36.9 Å². The average molecular weight is 276 g/mol. The van der Waals surface area contributed by atoms with Gasteiger partial charge in [0.2, 0.25) is 0 Å². The normalized spacial score (nSPS) is 20.1. The molecule has 0 spiro atoms. The summed E-state index contributed by atoms with van der Waals surface area (Å²) in [5.74, 6) is 1.07. The van der Waals surface area contributed by atoms with Crippen molar-refractivity contribution in [3.8, 4) is 5.75 Å². The number of benzene rings is 1. The van der Waals surface area contributed by atoms with E-state index in [0.29, 0.717) is 6.04 Å². The van der Waals surface area contributed by atoms with Gasteiger partial charge in [0.15, 0.2) is 0 Å². The molecule has 1 aliphatic heterocycles. The van der Waals surface area contributed by atoms with Crippen LogP contribution in [-0.4, -0.2) is 38.2 Å². The smallest absolute Gasteiger partial charge is 0.126 e. The molecule has 1 aromatic rings. The molecule has 112 valence electrons. The first-order valence-electron chi connectivity index (χ1n) is 7.78. The van der Waals surface area contributed by atoms with Gasteiger partial charge in [-0.15, -0.1) is 0 Å². The Bertz CT molecular complexity index is 419. The number of piperidine rings is 1. The zero-order valence-electron chi connectivity index (χ0n) is 13.1. The minimum Gasteiger partial charge on any atom is -0.493 e. The molecule has 1 saturated heterocycles. The average Bonchev–Trinajstić information content (AvgIpc) is 2.44. The monoisotopic (exact) mass is 276 g/mol. The molecule has 0 aliphatic carbocycles. The summed E-state index contributed by atoms with van der Waals surface area (Å²) in [5, 5.41) is 3.21. The van der Waals surface area contributed by atoms with Crippen molar-refractivity contribution in [3.63, 3.8) is 0 Å². The highest BCUT2D eigenvalue weighted by Crippen LogP contribution is 2.24. The lowest BCUT2D eigenvalue weighted by Crippen LogP contribution is -2.37. The van der Waals surface area contributed by atoms with Crippen molar-refractivity contribution in [1.29, 1.82) is 0 Å². The Labute approximate surface area is 123 Å². The zero-order valence-corrected chi connectivity index (χ0v) is 13.1. The Hall–Kier alpha value is -1.06. The summed E-state index contributed by atoms with van der Waals surface area (Å²) in [6, 6.07) is 7.07. The van der Waals surface area contributed by atoms with Crippen molar-refractivity contribution < 1.29 is 4.74 Å². The molecule has 1 atom stereocenters. The molecule has 2 rings (SSSR count). The number of para-hydroxylation sites is 1. The van der Waals surface area contributed by atoms with Crippen LogP contribution in [0.3, 0.4) is 0 Å². The van der Waals surface area contributed by atoms with Crippen LogP contribution in [-0.2, 0) is 6.54 Å². The first-order chi connectivity index (χ1) is 9.72. The summed E-state index contributed by atoms with van der Waals surface area (Å²) in [7, 11) is 4.22. The van der Waals surface area contributed by atoms with Crippen LogP contribution in [0.15, 0.2) is 18.2 Å². The van der Waals surface area contributed by atoms with Gasteiger partial charge in [0.1, 0.15) is 5.75 Å². The van der Waals surface area contributed by atoms with Crippen LogP contribution >= 0.6 is 0 Å². The summed E-state index contributed by atoms with van der Waals surface area (Å²) in [5.41, 5.74) is 2.49. The summed E-state index contributed by atoms with van der Waals surface area (Å²) >= 11 is 0. The molecule has 1 aliphatic rings. The van der Waals surface area contributed by atoms with Crippen molar-refractivity contribution in [1.82, 2.24) is 10.2 Å². The SMILES string of the molecule is CNCc1cccc(C)c1OCCC1CCCCN1C. The van der Waals surface area contributed by atoms with Crippen LogP contribution in [0.1, 0.15) is 36.8 Å². The maximum atomic E-state index is 6.10. The first kappa shape index (κ1) is 15.3. The van der Waals surface area contributed by atoms with Crippen LogP contribution in [0.2, 0.25) is 0 Å². The minimum atomic E-state index is 0.695. The van der Waals surface area contributed by atoms with Crippen LogP contribution in [0, 0.1) is 6.92 Å². The molecule has 20 heavy (non-hydrogen) atoms. The molecule has 3 nitrogen and oxygen atoms in total. The highest BCUT2D eigenvalue weighted by atomic mass is 16.5. The number of hydrogen-bond donors (Lipinski definition) is 1. The standard InChI is InChI=1S/C17H28N2O/c1-14-7-6-8-15(13-18-2)17(14)20-12-10-16-9-4-5-11-19(16)3/h6-8,16,18H,4-5,9-13H2,1-3H3. The fraction of sp³-hybridized carbons (Fsp3) is 0.647. The van der Waals surface area contributed by atoms with Gasteiger partial charge < -0.3 is 15.0 Å². The Balaban J connectivity index is 1.90. The van der Waals surface area contributed by atoms with Crippen molar-refractivity contribution in [2.24, 2.45) is 0 Å². The Morgan fingerprint density at radius 3 is 2.95 bits per heavy atom. The predicted molar refractivity (Wildman–Crippen MR) is 84.3 cm³/mol. The van der Waals surface area contributed by atoms with Crippen molar-refractivity contribution >= 4 is 0 Å². The molecule has 1 heterocycles. The maximum absolute atomic E-state index is 6.10. The molecule has 1 fully saturated rings. The van der Waals surface area contributed by atoms with Gasteiger partial charge in [0.05, 0.1) is 6.61 Å². The lowest BCUT2D eigenvalue weighted by atomic mass is 10.0. The summed E-state index contributed by atoms with van der Waals surface area (Å²) in [6.07, 6.45) is 5.16. The zero-order chi connectivity index (χ0) is 14.4. The molecule has 1 aromatic carbocycles. The van der Waals surface area contributed by atoms with Gasteiger partial charge in [-0.05, 0) is 52.4 Å². The molecule has 1 N–H and O–H groups in total. The fourth-order valence-corrected chi connectivity index (χ4v) is 3.06. The second-order valence-electron chi connectivity index (χ2n) is 5.86. The van der Waals surface area contributed by atoms with E-state index in [0.717, 1.165) is 25.3 Å². The quantitative estimate of drug-likeness (QED) is 0.864. The van der Waals surface area contributed by atoms with Crippen LogP contribution in [0.25, 0.3) is 0 Å². The minimum absolute atomic E-state index is 0.695. The Morgan fingerprint density at radius 1 is 1.35 bits per heavy atom. The summed E-state index contributed by atoms with van der Waals surface area (Å²) in [6.45, 7) is 5.04. The second kappa shape index (κ2) is 7.65. The van der Waals surface area contributed by atoms with E-state index in [1.807, 2.05) is 7.05 Å². The third-order valence-corrected chi connectivity index (χ3v) is 4.28. The number of nitrogens with one attached hydrogen (secondary N) is 1.